The van der Waals surface area contributed by atoms with Crippen LogP contribution in [0.4, 0.5) is 10.2 Å². The summed E-state index contributed by atoms with van der Waals surface area (Å²) in [6, 6.07) is 0. The fraction of sp³-hybridized carbons (Fsp3) is 0.500. The topological polar surface area (TPSA) is 114 Å². The molecule has 10 heteroatoms. The van der Waals surface area contributed by atoms with E-state index in [4.69, 9.17) is 15.0 Å². The van der Waals surface area contributed by atoms with Crippen LogP contribution in [0.5, 0.6) is 0 Å². The van der Waals surface area contributed by atoms with Gasteiger partial charge in [0.15, 0.2) is 20.3 Å². The molecule has 1 aromatic heterocycles. The standard InChI is InChI=1S/C14H19FN3O5P/c1-8(2)12(19)22-6-14(7-23-24-21)3-9(14)4-18-5-10(15)11(16)17-13(18)20/h4-5,8H,3,6-7,24H2,1-2H3,(H2,16,17,20)/b9-4-/t14-/m0/s1. The summed E-state index contributed by atoms with van der Waals surface area (Å²) in [5.74, 6) is -1.94. The molecule has 2 rings (SSSR count). The van der Waals surface area contributed by atoms with Crippen LogP contribution in [0.25, 0.3) is 6.20 Å². The van der Waals surface area contributed by atoms with Crippen molar-refractivity contribution in [1.29, 1.82) is 0 Å². The molecule has 1 saturated carbocycles. The van der Waals surface area contributed by atoms with Gasteiger partial charge < -0.3 is 15.0 Å². The number of nitrogen functional groups attached to an aromatic ring is 1. The Kier molecular flexibility index (Phi) is 5.56. The van der Waals surface area contributed by atoms with E-state index in [0.29, 0.717) is 12.0 Å². The first-order chi connectivity index (χ1) is 11.3. The van der Waals surface area contributed by atoms with Gasteiger partial charge in [-0.15, -0.1) is 0 Å². The van der Waals surface area contributed by atoms with E-state index in [1.54, 1.807) is 13.8 Å². The van der Waals surface area contributed by atoms with Crippen LogP contribution in [0.2, 0.25) is 0 Å². The Bertz CT molecular complexity index is 748. The number of anilines is 1. The maximum absolute atomic E-state index is 13.5. The highest BCUT2D eigenvalue weighted by Crippen LogP contribution is 2.53. The molecule has 0 bridgehead atoms. The molecule has 1 aliphatic carbocycles. The van der Waals surface area contributed by atoms with E-state index in [2.05, 4.69) is 4.98 Å². The van der Waals surface area contributed by atoms with Crippen LogP contribution in [-0.2, 0) is 18.6 Å². The molecule has 1 aliphatic rings. The van der Waals surface area contributed by atoms with Gasteiger partial charge in [0.25, 0.3) is 0 Å². The highest BCUT2D eigenvalue weighted by atomic mass is 31.1. The molecule has 1 unspecified atom stereocenters. The first-order valence-corrected chi connectivity index (χ1v) is 8.20. The van der Waals surface area contributed by atoms with Gasteiger partial charge in [-0.1, -0.05) is 13.8 Å². The first kappa shape index (κ1) is 18.4. The fourth-order valence-corrected chi connectivity index (χ4v) is 2.51. The summed E-state index contributed by atoms with van der Waals surface area (Å²) in [5.41, 5.74) is 4.56. The molecular formula is C14H19FN3O5P. The van der Waals surface area contributed by atoms with Gasteiger partial charge in [0.1, 0.15) is 6.61 Å². The maximum atomic E-state index is 13.5. The maximum Gasteiger partial charge on any atom is 0.353 e. The highest BCUT2D eigenvalue weighted by Gasteiger charge is 2.50. The molecular weight excluding hydrogens is 340 g/mol. The lowest BCUT2D eigenvalue weighted by Gasteiger charge is -2.15. The average Bonchev–Trinajstić information content (AvgIpc) is 3.21. The van der Waals surface area contributed by atoms with Crippen molar-refractivity contribution in [3.63, 3.8) is 0 Å². The van der Waals surface area contributed by atoms with Gasteiger partial charge in [-0.3, -0.25) is 13.9 Å². The second kappa shape index (κ2) is 7.27. The minimum atomic E-state index is -1.41. The number of aromatic nitrogens is 2. The Hall–Kier alpha value is -1.99. The predicted molar refractivity (Wildman–Crippen MR) is 86.3 cm³/mol. The molecule has 132 valence electrons. The third-order valence-corrected chi connectivity index (χ3v) is 4.01. The van der Waals surface area contributed by atoms with Crippen LogP contribution in [-0.4, -0.2) is 28.7 Å². The van der Waals surface area contributed by atoms with Crippen molar-refractivity contribution in [3.05, 3.63) is 28.1 Å². The largest absolute Gasteiger partial charge is 0.464 e. The van der Waals surface area contributed by atoms with Crippen molar-refractivity contribution >= 4 is 26.7 Å². The van der Waals surface area contributed by atoms with E-state index in [1.807, 2.05) is 0 Å². The lowest BCUT2D eigenvalue weighted by molar-refractivity contribution is -0.149. The lowest BCUT2D eigenvalue weighted by atomic mass is 10.1. The van der Waals surface area contributed by atoms with E-state index < -0.39 is 31.4 Å². The number of carbonyl (C=O) groups excluding carboxylic acids is 1. The number of nitrogens with zero attached hydrogens (tertiary/aromatic N) is 2. The Labute approximate surface area is 138 Å². The highest BCUT2D eigenvalue weighted by molar-refractivity contribution is 7.17. The molecule has 0 spiro atoms. The molecule has 0 saturated heterocycles. The number of halogens is 1. The van der Waals surface area contributed by atoms with E-state index in [-0.39, 0.29) is 25.1 Å². The van der Waals surface area contributed by atoms with E-state index in [0.717, 1.165) is 10.8 Å². The Morgan fingerprint density at radius 1 is 1.58 bits per heavy atom. The third-order valence-electron chi connectivity index (χ3n) is 3.70. The lowest BCUT2D eigenvalue weighted by Crippen LogP contribution is -2.23. The van der Waals surface area contributed by atoms with Gasteiger partial charge in [0.2, 0.25) is 0 Å². The fourth-order valence-electron chi connectivity index (χ4n) is 2.12. The molecule has 0 amide bonds. The van der Waals surface area contributed by atoms with Gasteiger partial charge in [-0.2, -0.15) is 4.98 Å². The van der Waals surface area contributed by atoms with Crippen molar-refractivity contribution in [2.24, 2.45) is 11.3 Å². The summed E-state index contributed by atoms with van der Waals surface area (Å²) in [6.07, 6.45) is 2.81. The molecule has 1 fully saturated rings. The zero-order chi connectivity index (χ0) is 17.9. The van der Waals surface area contributed by atoms with Gasteiger partial charge in [0, 0.05) is 6.20 Å². The molecule has 0 aromatic carbocycles. The van der Waals surface area contributed by atoms with Crippen LogP contribution in [0, 0.1) is 17.2 Å². The summed E-state index contributed by atoms with van der Waals surface area (Å²) >= 11 is 0. The molecule has 0 radical (unpaired) electrons. The predicted octanol–water partition coefficient (Wildman–Crippen LogP) is 1.08. The Morgan fingerprint density at radius 2 is 2.29 bits per heavy atom. The SMILES string of the molecule is CC(C)C(=O)OC[C@]1(CO[PH2]=O)C/C1=C/n1cc(F)c(N)nc1=O. The average molecular weight is 359 g/mol. The number of rotatable bonds is 7. The number of nitrogens with two attached hydrogens (primary N) is 1. The van der Waals surface area contributed by atoms with E-state index in [9.17, 15) is 18.5 Å². The first-order valence-electron chi connectivity index (χ1n) is 7.26. The van der Waals surface area contributed by atoms with Crippen LogP contribution >= 0.6 is 8.69 Å². The third kappa shape index (κ3) is 4.10. The zero-order valence-electron chi connectivity index (χ0n) is 13.3. The van der Waals surface area contributed by atoms with Gasteiger partial charge in [-0.25, -0.2) is 9.18 Å². The van der Waals surface area contributed by atoms with Crippen molar-refractivity contribution in [2.75, 3.05) is 18.9 Å². The van der Waals surface area contributed by atoms with Crippen LogP contribution in [0.3, 0.4) is 0 Å². The Balaban J connectivity index is 2.20. The van der Waals surface area contributed by atoms with Crippen molar-refractivity contribution in [2.45, 2.75) is 20.3 Å². The minimum Gasteiger partial charge on any atom is -0.464 e. The normalized spacial score (nSPS) is 21.8. The minimum absolute atomic E-state index is 0.0366. The molecule has 8 nitrogen and oxygen atoms in total. The number of carbonyl (C=O) groups is 1. The van der Waals surface area contributed by atoms with Crippen LogP contribution in [0.1, 0.15) is 20.3 Å². The number of hydrogen-bond acceptors (Lipinski definition) is 7. The smallest absolute Gasteiger partial charge is 0.353 e. The quantitative estimate of drug-likeness (QED) is 0.572. The summed E-state index contributed by atoms with van der Waals surface area (Å²) in [5, 5.41) is 0. The van der Waals surface area contributed by atoms with Crippen molar-refractivity contribution < 1.29 is 23.0 Å². The van der Waals surface area contributed by atoms with Gasteiger partial charge >= 0.3 is 11.7 Å². The summed E-state index contributed by atoms with van der Waals surface area (Å²) in [6.45, 7) is 3.54. The zero-order valence-corrected chi connectivity index (χ0v) is 14.5. The molecule has 2 N–H and O–H groups in total. The number of hydrogen-bond donors (Lipinski definition) is 1. The van der Waals surface area contributed by atoms with E-state index >= 15 is 0 Å². The Morgan fingerprint density at radius 3 is 2.92 bits per heavy atom. The molecule has 0 aliphatic heterocycles. The molecule has 1 aromatic rings. The number of esters is 1. The van der Waals surface area contributed by atoms with Gasteiger partial charge in [-0.05, 0) is 12.0 Å². The molecule has 2 atom stereocenters. The monoisotopic (exact) mass is 359 g/mol. The summed E-state index contributed by atoms with van der Waals surface area (Å²) in [4.78, 5) is 26.7. The summed E-state index contributed by atoms with van der Waals surface area (Å²) in [7, 11) is -1.41. The molecule has 1 heterocycles. The summed E-state index contributed by atoms with van der Waals surface area (Å²) < 4.78 is 35.3. The van der Waals surface area contributed by atoms with Gasteiger partial charge in [0.05, 0.1) is 24.1 Å². The van der Waals surface area contributed by atoms with Crippen LogP contribution in [0.15, 0.2) is 16.6 Å². The van der Waals surface area contributed by atoms with Crippen molar-refractivity contribution in [3.8, 4) is 0 Å². The second-order valence-corrected chi connectivity index (χ2v) is 6.47. The number of ether oxygens (including phenoxy) is 1. The van der Waals surface area contributed by atoms with Crippen LogP contribution < -0.4 is 11.4 Å². The van der Waals surface area contributed by atoms with Crippen molar-refractivity contribution in [1.82, 2.24) is 9.55 Å². The van der Waals surface area contributed by atoms with E-state index in [1.165, 1.54) is 6.20 Å². The second-order valence-electron chi connectivity index (χ2n) is 5.95. The molecule has 24 heavy (non-hydrogen) atoms.